The second-order valence-electron chi connectivity index (χ2n) is 4.32. The van der Waals surface area contributed by atoms with Gasteiger partial charge >= 0.3 is 5.97 Å². The zero-order chi connectivity index (χ0) is 13.0. The third-order valence-electron chi connectivity index (χ3n) is 3.22. The third-order valence-corrected chi connectivity index (χ3v) is 3.22. The first kappa shape index (κ1) is 14.9. The molecule has 0 aliphatic carbocycles. The number of carboxylic acids is 1. The predicted molar refractivity (Wildman–Crippen MR) is 62.0 cm³/mol. The first-order valence-corrected chi connectivity index (χ1v) is 5.60. The average molecular weight is 230 g/mol. The summed E-state index contributed by atoms with van der Waals surface area (Å²) in [5.41, 5.74) is 3.55. The summed E-state index contributed by atoms with van der Waals surface area (Å²) in [6, 6.07) is 0. The Balaban J connectivity index is 4.92. The van der Waals surface area contributed by atoms with Crippen molar-refractivity contribution in [2.45, 2.75) is 58.0 Å². The zero-order valence-electron chi connectivity index (χ0n) is 10.5. The molecule has 4 N–H and O–H groups in total. The van der Waals surface area contributed by atoms with Gasteiger partial charge in [-0.25, -0.2) is 4.79 Å². The van der Waals surface area contributed by atoms with Crippen LogP contribution in [0.25, 0.3) is 0 Å². The monoisotopic (exact) mass is 230 g/mol. The Morgan fingerprint density at radius 3 is 1.88 bits per heavy atom. The maximum atomic E-state index is 11.8. The molecule has 5 nitrogen and oxygen atoms in total. The zero-order valence-corrected chi connectivity index (χ0v) is 10.5. The van der Waals surface area contributed by atoms with Gasteiger partial charge in [-0.05, 0) is 26.2 Å². The molecule has 5 heteroatoms. The topological polar surface area (TPSA) is 92.4 Å². The number of rotatable bonds is 6. The molecule has 1 unspecified atom stereocenters. The van der Waals surface area contributed by atoms with Crippen molar-refractivity contribution in [3.05, 3.63) is 0 Å². The first-order valence-electron chi connectivity index (χ1n) is 5.60. The van der Waals surface area contributed by atoms with Crippen molar-refractivity contribution in [1.29, 1.82) is 0 Å². The SMILES string of the molecule is CCC(C)(N)C(=O)NC(CC)(CC)C(=O)O. The van der Waals surface area contributed by atoms with E-state index in [1.165, 1.54) is 0 Å². The summed E-state index contributed by atoms with van der Waals surface area (Å²) in [5.74, 6) is -1.43. The lowest BCUT2D eigenvalue weighted by molar-refractivity contribution is -0.149. The van der Waals surface area contributed by atoms with E-state index in [9.17, 15) is 9.59 Å². The highest BCUT2D eigenvalue weighted by Crippen LogP contribution is 2.17. The fourth-order valence-corrected chi connectivity index (χ4v) is 1.30. The molecule has 0 bridgehead atoms. The molecular formula is C11H22N2O3. The summed E-state index contributed by atoms with van der Waals surface area (Å²) in [6.07, 6.45) is 1.14. The molecule has 0 aromatic heterocycles. The molecule has 1 atom stereocenters. The fraction of sp³-hybridized carbons (Fsp3) is 0.818. The number of carbonyl (C=O) groups is 2. The van der Waals surface area contributed by atoms with E-state index >= 15 is 0 Å². The van der Waals surface area contributed by atoms with Gasteiger partial charge < -0.3 is 16.2 Å². The molecule has 0 aromatic rings. The molecule has 0 saturated heterocycles. The Kier molecular flexibility index (Phi) is 4.93. The van der Waals surface area contributed by atoms with Crippen molar-refractivity contribution in [3.8, 4) is 0 Å². The molecule has 0 saturated carbocycles. The van der Waals surface area contributed by atoms with Crippen LogP contribution in [-0.2, 0) is 9.59 Å². The summed E-state index contributed by atoms with van der Waals surface area (Å²) in [4.78, 5) is 23.0. The summed E-state index contributed by atoms with van der Waals surface area (Å²) < 4.78 is 0. The van der Waals surface area contributed by atoms with Gasteiger partial charge in [-0.2, -0.15) is 0 Å². The minimum atomic E-state index is -1.20. The lowest BCUT2D eigenvalue weighted by Crippen LogP contribution is -2.61. The predicted octanol–water partition coefficient (Wildman–Crippen LogP) is 0.873. The molecule has 16 heavy (non-hydrogen) atoms. The molecular weight excluding hydrogens is 208 g/mol. The number of aliphatic carboxylic acids is 1. The van der Waals surface area contributed by atoms with Gasteiger partial charge in [-0.3, -0.25) is 4.79 Å². The smallest absolute Gasteiger partial charge is 0.329 e. The number of hydrogen-bond donors (Lipinski definition) is 3. The van der Waals surface area contributed by atoms with Gasteiger partial charge in [-0.1, -0.05) is 20.8 Å². The van der Waals surface area contributed by atoms with Crippen LogP contribution in [0.15, 0.2) is 0 Å². The molecule has 0 radical (unpaired) electrons. The van der Waals surface area contributed by atoms with Gasteiger partial charge in [0.25, 0.3) is 0 Å². The van der Waals surface area contributed by atoms with Gasteiger partial charge in [0.2, 0.25) is 5.91 Å². The van der Waals surface area contributed by atoms with Crippen molar-refractivity contribution in [1.82, 2.24) is 5.32 Å². The Hall–Kier alpha value is -1.10. The van der Waals surface area contributed by atoms with Crippen LogP contribution >= 0.6 is 0 Å². The summed E-state index contributed by atoms with van der Waals surface area (Å²) in [5, 5.41) is 11.7. The number of carbonyl (C=O) groups excluding carboxylic acids is 1. The van der Waals surface area contributed by atoms with E-state index < -0.39 is 23.0 Å². The lowest BCUT2D eigenvalue weighted by Gasteiger charge is -2.32. The molecule has 1 amide bonds. The van der Waals surface area contributed by atoms with Gasteiger partial charge in [0.1, 0.15) is 5.54 Å². The van der Waals surface area contributed by atoms with Gasteiger partial charge in [-0.15, -0.1) is 0 Å². The van der Waals surface area contributed by atoms with E-state index in [1.807, 2.05) is 0 Å². The molecule has 0 fully saturated rings. The van der Waals surface area contributed by atoms with Crippen molar-refractivity contribution < 1.29 is 14.7 Å². The fourth-order valence-electron chi connectivity index (χ4n) is 1.30. The standard InChI is InChI=1S/C11H22N2O3/c1-5-10(4,12)8(14)13-11(6-2,7-3)9(15)16/h5-7,12H2,1-4H3,(H,13,14)(H,15,16). The summed E-state index contributed by atoms with van der Waals surface area (Å²) >= 11 is 0. The normalized spacial score (nSPS) is 15.3. The van der Waals surface area contributed by atoms with E-state index in [4.69, 9.17) is 10.8 Å². The minimum Gasteiger partial charge on any atom is -0.480 e. The van der Waals surface area contributed by atoms with Crippen LogP contribution in [0, 0.1) is 0 Å². The van der Waals surface area contributed by atoms with Crippen LogP contribution in [0.5, 0.6) is 0 Å². The lowest BCUT2D eigenvalue weighted by atomic mass is 9.90. The third kappa shape index (κ3) is 2.95. The highest BCUT2D eigenvalue weighted by molar-refractivity contribution is 5.91. The van der Waals surface area contributed by atoms with Crippen LogP contribution in [-0.4, -0.2) is 28.1 Å². The molecule has 0 spiro atoms. The van der Waals surface area contributed by atoms with Crippen LogP contribution in [0.4, 0.5) is 0 Å². The van der Waals surface area contributed by atoms with E-state index in [1.54, 1.807) is 27.7 Å². The summed E-state index contributed by atoms with van der Waals surface area (Å²) in [7, 11) is 0. The van der Waals surface area contributed by atoms with E-state index in [0.29, 0.717) is 19.3 Å². The van der Waals surface area contributed by atoms with Gasteiger partial charge in [0.05, 0.1) is 5.54 Å². The highest BCUT2D eigenvalue weighted by atomic mass is 16.4. The van der Waals surface area contributed by atoms with E-state index in [-0.39, 0.29) is 0 Å². The first-order chi connectivity index (χ1) is 7.25. The van der Waals surface area contributed by atoms with E-state index in [0.717, 1.165) is 0 Å². The van der Waals surface area contributed by atoms with Crippen LogP contribution in [0.3, 0.4) is 0 Å². The number of nitrogens with two attached hydrogens (primary N) is 1. The van der Waals surface area contributed by atoms with Crippen molar-refractivity contribution in [3.63, 3.8) is 0 Å². The number of nitrogens with one attached hydrogen (secondary N) is 1. The molecule has 0 heterocycles. The summed E-state index contributed by atoms with van der Waals surface area (Å²) in [6.45, 7) is 6.86. The van der Waals surface area contributed by atoms with E-state index in [2.05, 4.69) is 5.32 Å². The number of amides is 1. The van der Waals surface area contributed by atoms with Crippen LogP contribution in [0.1, 0.15) is 47.0 Å². The highest BCUT2D eigenvalue weighted by Gasteiger charge is 2.39. The Morgan fingerprint density at radius 2 is 1.62 bits per heavy atom. The Morgan fingerprint density at radius 1 is 1.19 bits per heavy atom. The van der Waals surface area contributed by atoms with Crippen LogP contribution in [0.2, 0.25) is 0 Å². The molecule has 0 aromatic carbocycles. The van der Waals surface area contributed by atoms with Crippen LogP contribution < -0.4 is 11.1 Å². The number of carboxylic acid groups (broad SMARTS) is 1. The van der Waals surface area contributed by atoms with Gasteiger partial charge in [0.15, 0.2) is 0 Å². The number of hydrogen-bond acceptors (Lipinski definition) is 3. The Labute approximate surface area is 96.4 Å². The molecule has 0 aliphatic heterocycles. The second kappa shape index (κ2) is 5.30. The Bertz CT molecular complexity index is 270. The largest absolute Gasteiger partial charge is 0.480 e. The maximum absolute atomic E-state index is 11.8. The van der Waals surface area contributed by atoms with Gasteiger partial charge in [0, 0.05) is 0 Å². The average Bonchev–Trinajstić information content (AvgIpc) is 2.25. The molecule has 94 valence electrons. The minimum absolute atomic E-state index is 0.338. The van der Waals surface area contributed by atoms with Crippen molar-refractivity contribution in [2.75, 3.05) is 0 Å². The van der Waals surface area contributed by atoms with Crippen molar-refractivity contribution in [2.24, 2.45) is 5.73 Å². The van der Waals surface area contributed by atoms with Crippen molar-refractivity contribution >= 4 is 11.9 Å². The molecule has 0 aliphatic rings. The maximum Gasteiger partial charge on any atom is 0.329 e. The second-order valence-corrected chi connectivity index (χ2v) is 4.32. The quantitative estimate of drug-likeness (QED) is 0.631. The molecule has 0 rings (SSSR count).